The Bertz CT molecular complexity index is 387. The molecule has 0 aliphatic heterocycles. The Morgan fingerprint density at radius 2 is 1.83 bits per heavy atom. The maximum absolute atomic E-state index is 5.79. The van der Waals surface area contributed by atoms with Crippen LogP contribution in [0.3, 0.4) is 0 Å². The first kappa shape index (κ1) is 14.6. The molecule has 2 heteroatoms. The molecular weight excluding hydrogens is 222 g/mol. The molecule has 0 spiro atoms. The van der Waals surface area contributed by atoms with Crippen LogP contribution in [-0.2, 0) is 11.2 Å². The smallest absolute Gasteiger partial charge is 0.100 e. The summed E-state index contributed by atoms with van der Waals surface area (Å²) in [5, 5.41) is 0. The van der Waals surface area contributed by atoms with E-state index in [0.29, 0.717) is 5.92 Å². The Balaban J connectivity index is 2.43. The summed E-state index contributed by atoms with van der Waals surface area (Å²) in [4.78, 5) is 0. The lowest BCUT2D eigenvalue weighted by atomic mass is 9.99. The molecule has 0 bridgehead atoms. The van der Waals surface area contributed by atoms with E-state index < -0.39 is 0 Å². The second-order valence-corrected chi connectivity index (χ2v) is 5.86. The SMILES string of the molecule is C=C(OC(C)(C)C)C(C)CCc1ccc(N)cc1. The van der Waals surface area contributed by atoms with Crippen molar-refractivity contribution in [3.8, 4) is 0 Å². The van der Waals surface area contributed by atoms with Crippen LogP contribution in [0.4, 0.5) is 5.69 Å². The average Bonchev–Trinajstić information content (AvgIpc) is 2.25. The standard InChI is InChI=1S/C16H25NO/c1-12(13(2)18-16(3,4)5)6-7-14-8-10-15(17)11-9-14/h8-12H,2,6-7,17H2,1,3-5H3. The highest BCUT2D eigenvalue weighted by atomic mass is 16.5. The van der Waals surface area contributed by atoms with Gasteiger partial charge >= 0.3 is 0 Å². The zero-order chi connectivity index (χ0) is 13.8. The van der Waals surface area contributed by atoms with Gasteiger partial charge in [0.05, 0.1) is 5.76 Å². The van der Waals surface area contributed by atoms with E-state index in [1.807, 2.05) is 32.9 Å². The Morgan fingerprint density at radius 3 is 2.33 bits per heavy atom. The van der Waals surface area contributed by atoms with E-state index in [9.17, 15) is 0 Å². The third-order valence-electron chi connectivity index (χ3n) is 2.83. The number of hydrogen-bond acceptors (Lipinski definition) is 2. The van der Waals surface area contributed by atoms with E-state index in [-0.39, 0.29) is 5.60 Å². The van der Waals surface area contributed by atoms with Crippen LogP contribution >= 0.6 is 0 Å². The zero-order valence-electron chi connectivity index (χ0n) is 12.0. The Kier molecular flexibility index (Phi) is 4.83. The molecule has 0 aromatic heterocycles. The molecular formula is C16H25NO. The van der Waals surface area contributed by atoms with Gasteiger partial charge in [0, 0.05) is 11.6 Å². The second kappa shape index (κ2) is 5.94. The number of hydrogen-bond donors (Lipinski definition) is 1. The summed E-state index contributed by atoms with van der Waals surface area (Å²) in [6.45, 7) is 12.3. The van der Waals surface area contributed by atoms with Crippen molar-refractivity contribution in [1.29, 1.82) is 0 Å². The van der Waals surface area contributed by atoms with Gasteiger partial charge in [-0.25, -0.2) is 0 Å². The first-order valence-electron chi connectivity index (χ1n) is 6.50. The maximum Gasteiger partial charge on any atom is 0.100 e. The van der Waals surface area contributed by atoms with Gasteiger partial charge in [0.25, 0.3) is 0 Å². The normalized spacial score (nSPS) is 13.1. The fourth-order valence-electron chi connectivity index (χ4n) is 1.72. The molecule has 18 heavy (non-hydrogen) atoms. The van der Waals surface area contributed by atoms with Crippen molar-refractivity contribution in [2.75, 3.05) is 5.73 Å². The molecule has 1 atom stereocenters. The summed E-state index contributed by atoms with van der Waals surface area (Å²) in [5.74, 6) is 1.24. The van der Waals surface area contributed by atoms with Crippen LogP contribution in [0.15, 0.2) is 36.6 Å². The van der Waals surface area contributed by atoms with Crippen molar-refractivity contribution in [3.63, 3.8) is 0 Å². The number of ether oxygens (including phenoxy) is 1. The quantitative estimate of drug-likeness (QED) is 0.626. The van der Waals surface area contributed by atoms with Crippen molar-refractivity contribution in [2.24, 2.45) is 5.92 Å². The largest absolute Gasteiger partial charge is 0.493 e. The summed E-state index contributed by atoms with van der Waals surface area (Å²) >= 11 is 0. The van der Waals surface area contributed by atoms with E-state index in [2.05, 4.69) is 25.6 Å². The molecule has 100 valence electrons. The van der Waals surface area contributed by atoms with Crippen LogP contribution in [-0.4, -0.2) is 5.60 Å². The number of anilines is 1. The topological polar surface area (TPSA) is 35.2 Å². The van der Waals surface area contributed by atoms with Crippen molar-refractivity contribution in [2.45, 2.75) is 46.1 Å². The molecule has 0 radical (unpaired) electrons. The van der Waals surface area contributed by atoms with Gasteiger partial charge in [-0.05, 0) is 51.3 Å². The molecule has 2 N–H and O–H groups in total. The molecule has 0 saturated heterocycles. The van der Waals surface area contributed by atoms with Gasteiger partial charge in [-0.3, -0.25) is 0 Å². The Labute approximate surface area is 111 Å². The molecule has 0 aliphatic rings. The maximum atomic E-state index is 5.79. The van der Waals surface area contributed by atoms with Gasteiger partial charge < -0.3 is 10.5 Å². The van der Waals surface area contributed by atoms with Crippen molar-refractivity contribution >= 4 is 5.69 Å². The first-order chi connectivity index (χ1) is 8.28. The molecule has 0 heterocycles. The number of nitrogens with two attached hydrogens (primary N) is 1. The number of allylic oxidation sites excluding steroid dienone is 1. The van der Waals surface area contributed by atoms with Crippen molar-refractivity contribution < 1.29 is 4.74 Å². The van der Waals surface area contributed by atoms with E-state index in [1.54, 1.807) is 0 Å². The monoisotopic (exact) mass is 247 g/mol. The molecule has 0 saturated carbocycles. The van der Waals surface area contributed by atoms with Crippen molar-refractivity contribution in [1.82, 2.24) is 0 Å². The molecule has 0 fully saturated rings. The van der Waals surface area contributed by atoms with E-state index >= 15 is 0 Å². The van der Waals surface area contributed by atoms with Gasteiger partial charge in [-0.2, -0.15) is 0 Å². The van der Waals surface area contributed by atoms with Crippen LogP contribution < -0.4 is 5.73 Å². The van der Waals surface area contributed by atoms with Crippen LogP contribution in [0.2, 0.25) is 0 Å². The highest BCUT2D eigenvalue weighted by Crippen LogP contribution is 2.22. The molecule has 1 aromatic carbocycles. The second-order valence-electron chi connectivity index (χ2n) is 5.86. The van der Waals surface area contributed by atoms with Gasteiger partial charge in [-0.15, -0.1) is 0 Å². The molecule has 1 unspecified atom stereocenters. The summed E-state index contributed by atoms with van der Waals surface area (Å²) in [7, 11) is 0. The van der Waals surface area contributed by atoms with Crippen LogP contribution in [0.25, 0.3) is 0 Å². The highest BCUT2D eigenvalue weighted by Gasteiger charge is 2.16. The fraction of sp³-hybridized carbons (Fsp3) is 0.500. The van der Waals surface area contributed by atoms with Gasteiger partial charge in [-0.1, -0.05) is 25.6 Å². The Morgan fingerprint density at radius 1 is 1.28 bits per heavy atom. The van der Waals surface area contributed by atoms with E-state index in [4.69, 9.17) is 10.5 Å². The number of nitrogen functional groups attached to an aromatic ring is 1. The molecule has 0 aliphatic carbocycles. The number of benzene rings is 1. The van der Waals surface area contributed by atoms with Crippen LogP contribution in [0.1, 0.15) is 39.7 Å². The number of aryl methyl sites for hydroxylation is 1. The molecule has 2 nitrogen and oxygen atoms in total. The minimum Gasteiger partial charge on any atom is -0.493 e. The van der Waals surface area contributed by atoms with Crippen molar-refractivity contribution in [3.05, 3.63) is 42.2 Å². The summed E-state index contributed by atoms with van der Waals surface area (Å²) in [5.41, 5.74) is 7.62. The van der Waals surface area contributed by atoms with Gasteiger partial charge in [0.15, 0.2) is 0 Å². The lowest BCUT2D eigenvalue weighted by Gasteiger charge is -2.26. The van der Waals surface area contributed by atoms with Gasteiger partial charge in [0.1, 0.15) is 5.60 Å². The third-order valence-corrected chi connectivity index (χ3v) is 2.83. The lowest BCUT2D eigenvalue weighted by molar-refractivity contribution is 0.0359. The summed E-state index contributed by atoms with van der Waals surface area (Å²) in [6.07, 6.45) is 2.06. The zero-order valence-corrected chi connectivity index (χ0v) is 12.0. The molecule has 0 amide bonds. The van der Waals surface area contributed by atoms with E-state index in [0.717, 1.165) is 24.3 Å². The summed E-state index contributed by atoms with van der Waals surface area (Å²) < 4.78 is 5.79. The number of rotatable bonds is 5. The van der Waals surface area contributed by atoms with Crippen LogP contribution in [0.5, 0.6) is 0 Å². The minimum absolute atomic E-state index is 0.160. The van der Waals surface area contributed by atoms with Crippen LogP contribution in [0, 0.1) is 5.92 Å². The minimum atomic E-state index is -0.160. The predicted molar refractivity (Wildman–Crippen MR) is 78.3 cm³/mol. The Hall–Kier alpha value is -1.44. The fourth-order valence-corrected chi connectivity index (χ4v) is 1.72. The highest BCUT2D eigenvalue weighted by molar-refractivity contribution is 5.39. The average molecular weight is 247 g/mol. The van der Waals surface area contributed by atoms with E-state index in [1.165, 1.54) is 5.56 Å². The predicted octanol–water partition coefficient (Wildman–Crippen LogP) is 4.17. The van der Waals surface area contributed by atoms with Gasteiger partial charge in [0.2, 0.25) is 0 Å². The molecule has 1 aromatic rings. The third kappa shape index (κ3) is 5.26. The summed E-state index contributed by atoms with van der Waals surface area (Å²) in [6, 6.07) is 8.05. The lowest BCUT2D eigenvalue weighted by Crippen LogP contribution is -2.21. The first-order valence-corrected chi connectivity index (χ1v) is 6.50. The molecule has 1 rings (SSSR count).